The molecular weight excluding hydrogens is 220 g/mol. The van der Waals surface area contributed by atoms with Gasteiger partial charge in [0.2, 0.25) is 0 Å². The van der Waals surface area contributed by atoms with E-state index >= 15 is 0 Å². The molecule has 0 aliphatic carbocycles. The van der Waals surface area contributed by atoms with Crippen LogP contribution >= 0.6 is 11.6 Å². The van der Waals surface area contributed by atoms with Crippen LogP contribution in [0.1, 0.15) is 20.8 Å². The maximum absolute atomic E-state index is 7.93. The van der Waals surface area contributed by atoms with Gasteiger partial charge in [-0.05, 0) is 39.0 Å². The molecule has 0 saturated carbocycles. The first-order chi connectivity index (χ1) is 7.38. The fraction of sp³-hybridized carbons (Fsp3) is 0.308. The quantitative estimate of drug-likeness (QED) is 0.607. The zero-order valence-electron chi connectivity index (χ0n) is 9.92. The van der Waals surface area contributed by atoms with Crippen molar-refractivity contribution in [2.45, 2.75) is 26.3 Å². The Morgan fingerprint density at radius 2 is 1.94 bits per heavy atom. The van der Waals surface area contributed by atoms with Crippen LogP contribution in [0.3, 0.4) is 0 Å². The molecule has 0 aliphatic heterocycles. The zero-order valence-corrected chi connectivity index (χ0v) is 10.7. The Labute approximate surface area is 102 Å². The van der Waals surface area contributed by atoms with Gasteiger partial charge >= 0.3 is 0 Å². The third kappa shape index (κ3) is 2.64. The number of nitrogens with zero attached hydrogens (tertiary/aromatic N) is 1. The van der Waals surface area contributed by atoms with Crippen LogP contribution in [0.15, 0.2) is 36.9 Å². The Hall–Kier alpha value is -1.28. The van der Waals surface area contributed by atoms with Gasteiger partial charge in [-0.25, -0.2) is 0 Å². The molecule has 0 saturated heterocycles. The normalized spacial score (nSPS) is 11.0. The Bertz CT molecular complexity index is 405. The Morgan fingerprint density at radius 1 is 1.38 bits per heavy atom. The van der Waals surface area contributed by atoms with Crippen LogP contribution in [0.25, 0.3) is 0 Å². The van der Waals surface area contributed by atoms with Crippen molar-refractivity contribution in [3.05, 3.63) is 41.9 Å². The minimum Gasteiger partial charge on any atom is -0.320 e. The van der Waals surface area contributed by atoms with Crippen molar-refractivity contribution >= 4 is 23.1 Å². The van der Waals surface area contributed by atoms with Crippen LogP contribution < -0.4 is 4.90 Å². The summed E-state index contributed by atoms with van der Waals surface area (Å²) in [7, 11) is 0. The van der Waals surface area contributed by atoms with Gasteiger partial charge in [-0.3, -0.25) is 5.41 Å². The van der Waals surface area contributed by atoms with E-state index in [1.807, 2.05) is 49.9 Å². The number of amidine groups is 1. The molecule has 1 aromatic rings. The predicted molar refractivity (Wildman–Crippen MR) is 71.6 cm³/mol. The molecular formula is C13H17ClN2. The maximum Gasteiger partial charge on any atom is 0.125 e. The maximum atomic E-state index is 7.93. The third-order valence-electron chi connectivity index (χ3n) is 2.20. The second-order valence-corrected chi connectivity index (χ2v) is 4.95. The summed E-state index contributed by atoms with van der Waals surface area (Å²) in [6.45, 7) is 9.75. The molecule has 0 amide bonds. The van der Waals surface area contributed by atoms with Crippen molar-refractivity contribution < 1.29 is 0 Å². The van der Waals surface area contributed by atoms with Crippen LogP contribution in [0.5, 0.6) is 0 Å². The van der Waals surface area contributed by atoms with Crippen LogP contribution in [-0.4, -0.2) is 11.4 Å². The molecule has 2 nitrogen and oxygen atoms in total. The fourth-order valence-corrected chi connectivity index (χ4v) is 1.80. The highest BCUT2D eigenvalue weighted by molar-refractivity contribution is 6.34. The van der Waals surface area contributed by atoms with Gasteiger partial charge in [-0.1, -0.05) is 30.3 Å². The van der Waals surface area contributed by atoms with E-state index < -0.39 is 0 Å². The molecule has 0 spiro atoms. The van der Waals surface area contributed by atoms with E-state index in [-0.39, 0.29) is 5.54 Å². The van der Waals surface area contributed by atoms with Crippen LogP contribution in [0.2, 0.25) is 5.02 Å². The molecule has 0 aliphatic rings. The van der Waals surface area contributed by atoms with Gasteiger partial charge in [-0.2, -0.15) is 0 Å². The van der Waals surface area contributed by atoms with Crippen molar-refractivity contribution in [2.75, 3.05) is 4.90 Å². The topological polar surface area (TPSA) is 27.1 Å². The number of nitrogens with one attached hydrogen (secondary N) is 1. The van der Waals surface area contributed by atoms with Gasteiger partial charge in [0.1, 0.15) is 5.84 Å². The number of hydrogen-bond acceptors (Lipinski definition) is 1. The van der Waals surface area contributed by atoms with E-state index in [0.29, 0.717) is 10.9 Å². The van der Waals surface area contributed by atoms with Gasteiger partial charge in [0.25, 0.3) is 0 Å². The minimum atomic E-state index is -0.212. The first kappa shape index (κ1) is 12.8. The molecule has 0 heterocycles. The van der Waals surface area contributed by atoms with Crippen molar-refractivity contribution in [2.24, 2.45) is 0 Å². The fourth-order valence-electron chi connectivity index (χ4n) is 1.58. The Morgan fingerprint density at radius 3 is 2.38 bits per heavy atom. The summed E-state index contributed by atoms with van der Waals surface area (Å²) in [4.78, 5) is 1.86. The van der Waals surface area contributed by atoms with E-state index in [9.17, 15) is 0 Å². The summed E-state index contributed by atoms with van der Waals surface area (Å²) in [6, 6.07) is 7.53. The van der Waals surface area contributed by atoms with E-state index in [1.165, 1.54) is 6.08 Å². The zero-order chi connectivity index (χ0) is 12.3. The Kier molecular flexibility index (Phi) is 3.76. The molecule has 0 aromatic heterocycles. The average molecular weight is 237 g/mol. The van der Waals surface area contributed by atoms with E-state index in [0.717, 1.165) is 5.69 Å². The highest BCUT2D eigenvalue weighted by Crippen LogP contribution is 2.31. The van der Waals surface area contributed by atoms with Gasteiger partial charge in [0.05, 0.1) is 10.7 Å². The highest BCUT2D eigenvalue weighted by atomic mass is 35.5. The van der Waals surface area contributed by atoms with E-state index in [1.54, 1.807) is 0 Å². The van der Waals surface area contributed by atoms with Crippen molar-refractivity contribution in [3.63, 3.8) is 0 Å². The molecule has 16 heavy (non-hydrogen) atoms. The van der Waals surface area contributed by atoms with Crippen molar-refractivity contribution in [1.82, 2.24) is 0 Å². The number of benzene rings is 1. The van der Waals surface area contributed by atoms with Gasteiger partial charge in [0, 0.05) is 5.54 Å². The lowest BCUT2D eigenvalue weighted by Gasteiger charge is -2.37. The average Bonchev–Trinajstić information content (AvgIpc) is 2.19. The van der Waals surface area contributed by atoms with Crippen molar-refractivity contribution in [1.29, 1.82) is 5.41 Å². The molecule has 3 heteroatoms. The second-order valence-electron chi connectivity index (χ2n) is 4.55. The molecule has 1 aromatic carbocycles. The first-order valence-electron chi connectivity index (χ1n) is 5.13. The Balaban J connectivity index is 3.28. The summed E-state index contributed by atoms with van der Waals surface area (Å²) < 4.78 is 0. The number of hydrogen-bond donors (Lipinski definition) is 1. The summed E-state index contributed by atoms with van der Waals surface area (Å²) in [5.74, 6) is 0.348. The highest BCUT2D eigenvalue weighted by Gasteiger charge is 2.25. The lowest BCUT2D eigenvalue weighted by Crippen LogP contribution is -2.45. The van der Waals surface area contributed by atoms with E-state index in [4.69, 9.17) is 17.0 Å². The predicted octanol–water partition coefficient (Wildman–Crippen LogP) is 4.11. The lowest BCUT2D eigenvalue weighted by molar-refractivity contribution is 0.571. The number of para-hydroxylation sites is 1. The molecule has 0 atom stereocenters. The summed E-state index contributed by atoms with van der Waals surface area (Å²) in [5, 5.41) is 8.58. The summed E-state index contributed by atoms with van der Waals surface area (Å²) in [5.41, 5.74) is 0.623. The molecule has 1 N–H and O–H groups in total. The molecule has 0 radical (unpaired) electrons. The smallest absolute Gasteiger partial charge is 0.125 e. The third-order valence-corrected chi connectivity index (χ3v) is 2.52. The summed E-state index contributed by atoms with van der Waals surface area (Å²) >= 11 is 6.15. The van der Waals surface area contributed by atoms with Gasteiger partial charge in [0.15, 0.2) is 0 Å². The number of halogens is 1. The molecule has 86 valence electrons. The SMILES string of the molecule is C=CC(=N)N(c1ccccc1Cl)C(C)(C)C. The largest absolute Gasteiger partial charge is 0.320 e. The summed E-state index contributed by atoms with van der Waals surface area (Å²) in [6.07, 6.45) is 1.52. The standard InChI is InChI=1S/C13H17ClN2/c1-5-12(15)16(13(2,3)4)11-9-7-6-8-10(11)14/h5-9,15H,1H2,2-4H3. The number of rotatable bonds is 2. The van der Waals surface area contributed by atoms with Crippen LogP contribution in [-0.2, 0) is 0 Å². The number of anilines is 1. The van der Waals surface area contributed by atoms with Crippen LogP contribution in [0, 0.1) is 5.41 Å². The van der Waals surface area contributed by atoms with Gasteiger partial charge < -0.3 is 4.90 Å². The molecule has 0 bridgehead atoms. The molecule has 0 fully saturated rings. The monoisotopic (exact) mass is 236 g/mol. The van der Waals surface area contributed by atoms with Crippen LogP contribution in [0.4, 0.5) is 5.69 Å². The van der Waals surface area contributed by atoms with Crippen molar-refractivity contribution in [3.8, 4) is 0 Å². The molecule has 0 unspecified atom stereocenters. The van der Waals surface area contributed by atoms with E-state index in [2.05, 4.69) is 6.58 Å². The first-order valence-corrected chi connectivity index (χ1v) is 5.51. The molecule has 1 rings (SSSR count). The lowest BCUT2D eigenvalue weighted by atomic mass is 10.0. The minimum absolute atomic E-state index is 0.212. The van der Waals surface area contributed by atoms with Gasteiger partial charge in [-0.15, -0.1) is 0 Å². The second kappa shape index (κ2) is 4.71.